The number of carboxylic acid groups (broad SMARTS) is 1. The number of carbonyl (C=O) groups is 2. The normalized spacial score (nSPS) is 18.9. The number of aromatic amines is 1. The van der Waals surface area contributed by atoms with Crippen molar-refractivity contribution in [3.63, 3.8) is 0 Å². The first kappa shape index (κ1) is 26.1. The second-order valence-corrected chi connectivity index (χ2v) is 11.9. The summed E-state index contributed by atoms with van der Waals surface area (Å²) >= 11 is 3.46. The van der Waals surface area contributed by atoms with Gasteiger partial charge in [0, 0.05) is 35.9 Å². The molecule has 2 aromatic carbocycles. The molecular weight excluding hydrogens is 562 g/mol. The van der Waals surface area contributed by atoms with Gasteiger partial charge in [0.1, 0.15) is 0 Å². The zero-order valence-corrected chi connectivity index (χ0v) is 22.9. The largest absolute Gasteiger partial charge is 0.465 e. The summed E-state index contributed by atoms with van der Waals surface area (Å²) in [6.45, 7) is 6.01. The highest BCUT2D eigenvalue weighted by Crippen LogP contribution is 2.50. The molecule has 8 nitrogen and oxygen atoms in total. The number of halogens is 3. The standard InChI is InChI=1S/C27H27BrF2N4O4/c1-26(2,3)27(32(4)24(36)33-10-14-5-6-16(28)7-15(14)11-33)13-34(25(37)38)12-21-22(27)17-8-19(29)20(30)9-18(17)23(35)31-21/h5-9H,10-13H2,1-4H3,(H,31,35)(H,37,38). The van der Waals surface area contributed by atoms with Gasteiger partial charge >= 0.3 is 12.1 Å². The quantitative estimate of drug-likeness (QED) is 0.399. The van der Waals surface area contributed by atoms with Crippen LogP contribution in [-0.4, -0.2) is 50.5 Å². The molecule has 0 bridgehead atoms. The van der Waals surface area contributed by atoms with Gasteiger partial charge in [-0.1, -0.05) is 42.8 Å². The molecule has 200 valence electrons. The van der Waals surface area contributed by atoms with E-state index in [1.165, 1.54) is 4.90 Å². The molecule has 1 unspecified atom stereocenters. The molecule has 2 N–H and O–H groups in total. The maximum Gasteiger partial charge on any atom is 0.407 e. The number of nitrogens with one attached hydrogen (secondary N) is 1. The molecule has 38 heavy (non-hydrogen) atoms. The van der Waals surface area contributed by atoms with E-state index in [0.29, 0.717) is 18.7 Å². The number of pyridine rings is 1. The number of urea groups is 1. The van der Waals surface area contributed by atoms with E-state index in [2.05, 4.69) is 20.9 Å². The fourth-order valence-corrected chi connectivity index (χ4v) is 6.37. The molecule has 0 saturated heterocycles. The van der Waals surface area contributed by atoms with E-state index in [4.69, 9.17) is 0 Å². The number of hydrogen-bond donors (Lipinski definition) is 2. The number of amides is 3. The molecule has 11 heteroatoms. The average Bonchev–Trinajstić information content (AvgIpc) is 3.26. The number of benzene rings is 2. The Balaban J connectivity index is 1.74. The molecule has 1 atom stereocenters. The van der Waals surface area contributed by atoms with Crippen molar-refractivity contribution in [2.75, 3.05) is 13.6 Å². The Morgan fingerprint density at radius 3 is 2.29 bits per heavy atom. The Bertz CT molecular complexity index is 1570. The summed E-state index contributed by atoms with van der Waals surface area (Å²) in [5, 5.41) is 10.1. The molecule has 5 rings (SSSR count). The van der Waals surface area contributed by atoms with Crippen LogP contribution < -0.4 is 5.56 Å². The van der Waals surface area contributed by atoms with Crippen molar-refractivity contribution in [3.8, 4) is 0 Å². The lowest BCUT2D eigenvalue weighted by Gasteiger charge is -2.56. The molecule has 2 aliphatic rings. The summed E-state index contributed by atoms with van der Waals surface area (Å²) in [5.74, 6) is -2.30. The number of H-pyrrole nitrogens is 1. The van der Waals surface area contributed by atoms with E-state index < -0.39 is 34.2 Å². The molecule has 3 amide bonds. The Morgan fingerprint density at radius 2 is 1.66 bits per heavy atom. The SMILES string of the molecule is CN(C(=O)N1Cc2ccc(Br)cc2C1)C1(C(C)(C)C)CN(C(=O)O)Cc2[nH]c(=O)c3cc(F)c(F)cc3c21. The molecule has 0 fully saturated rings. The number of nitrogens with zero attached hydrogens (tertiary/aromatic N) is 3. The van der Waals surface area contributed by atoms with Crippen molar-refractivity contribution < 1.29 is 23.5 Å². The van der Waals surface area contributed by atoms with Crippen molar-refractivity contribution in [1.82, 2.24) is 19.7 Å². The Labute approximate surface area is 226 Å². The van der Waals surface area contributed by atoms with E-state index in [9.17, 15) is 28.3 Å². The molecule has 0 aliphatic carbocycles. The lowest BCUT2D eigenvalue weighted by Crippen LogP contribution is -2.65. The minimum atomic E-state index is -1.35. The fourth-order valence-electron chi connectivity index (χ4n) is 5.96. The van der Waals surface area contributed by atoms with Crippen molar-refractivity contribution in [1.29, 1.82) is 0 Å². The van der Waals surface area contributed by atoms with Crippen LogP contribution in [0.5, 0.6) is 0 Å². The number of likely N-dealkylation sites (N-methyl/N-ethyl adjacent to an activating group) is 1. The number of aromatic nitrogens is 1. The van der Waals surface area contributed by atoms with Crippen LogP contribution in [0.3, 0.4) is 0 Å². The van der Waals surface area contributed by atoms with E-state index in [0.717, 1.165) is 32.6 Å². The van der Waals surface area contributed by atoms with Gasteiger partial charge in [-0.2, -0.15) is 0 Å². The third kappa shape index (κ3) is 3.86. The van der Waals surface area contributed by atoms with Gasteiger partial charge in [-0.15, -0.1) is 0 Å². The zero-order chi connectivity index (χ0) is 27.7. The van der Waals surface area contributed by atoms with Gasteiger partial charge < -0.3 is 19.9 Å². The minimum absolute atomic E-state index is 0.0701. The first-order valence-corrected chi connectivity index (χ1v) is 12.9. The molecule has 1 aromatic heterocycles. The van der Waals surface area contributed by atoms with Crippen LogP contribution in [-0.2, 0) is 25.2 Å². The Hall–Kier alpha value is -3.47. The van der Waals surface area contributed by atoms with Crippen molar-refractivity contribution >= 4 is 38.8 Å². The minimum Gasteiger partial charge on any atom is -0.465 e. The van der Waals surface area contributed by atoms with Gasteiger partial charge in [0.05, 0.1) is 24.0 Å². The smallest absolute Gasteiger partial charge is 0.407 e. The van der Waals surface area contributed by atoms with Crippen molar-refractivity contribution in [2.24, 2.45) is 5.41 Å². The highest BCUT2D eigenvalue weighted by Gasteiger charge is 2.55. The first-order chi connectivity index (χ1) is 17.7. The highest BCUT2D eigenvalue weighted by molar-refractivity contribution is 9.10. The van der Waals surface area contributed by atoms with Crippen molar-refractivity contribution in [3.05, 3.63) is 79.2 Å². The number of carbonyl (C=O) groups excluding carboxylic acids is 1. The van der Waals surface area contributed by atoms with Crippen LogP contribution in [0.25, 0.3) is 10.8 Å². The van der Waals surface area contributed by atoms with E-state index >= 15 is 0 Å². The summed E-state index contributed by atoms with van der Waals surface area (Å²) in [6, 6.07) is 7.27. The van der Waals surface area contributed by atoms with Crippen LogP contribution in [0, 0.1) is 17.0 Å². The first-order valence-electron chi connectivity index (χ1n) is 12.1. The van der Waals surface area contributed by atoms with Crippen molar-refractivity contribution in [2.45, 2.75) is 45.9 Å². The van der Waals surface area contributed by atoms with E-state index in [1.807, 2.05) is 39.0 Å². The lowest BCUT2D eigenvalue weighted by atomic mass is 9.65. The zero-order valence-electron chi connectivity index (χ0n) is 21.4. The van der Waals surface area contributed by atoms with Crippen LogP contribution >= 0.6 is 15.9 Å². The molecule has 0 radical (unpaired) electrons. The van der Waals surface area contributed by atoms with Gasteiger partial charge in [0.25, 0.3) is 5.56 Å². The van der Waals surface area contributed by atoms with Gasteiger partial charge in [0.15, 0.2) is 11.6 Å². The van der Waals surface area contributed by atoms with E-state index in [-0.39, 0.29) is 35.6 Å². The summed E-state index contributed by atoms with van der Waals surface area (Å²) in [5.41, 5.74) is -0.180. The summed E-state index contributed by atoms with van der Waals surface area (Å²) < 4.78 is 29.7. The van der Waals surface area contributed by atoms with E-state index in [1.54, 1.807) is 11.9 Å². The third-order valence-corrected chi connectivity index (χ3v) is 8.35. The fraction of sp³-hybridized carbons (Fsp3) is 0.370. The molecule has 3 heterocycles. The summed E-state index contributed by atoms with van der Waals surface area (Å²) in [7, 11) is 1.60. The van der Waals surface area contributed by atoms with Gasteiger partial charge in [0.2, 0.25) is 0 Å². The van der Waals surface area contributed by atoms with Crippen LogP contribution in [0.4, 0.5) is 18.4 Å². The van der Waals surface area contributed by atoms with Gasteiger partial charge in [-0.25, -0.2) is 18.4 Å². The second-order valence-electron chi connectivity index (χ2n) is 11.0. The Kier molecular flexibility index (Phi) is 6.05. The lowest BCUT2D eigenvalue weighted by molar-refractivity contribution is -0.0178. The van der Waals surface area contributed by atoms with Gasteiger partial charge in [-0.05, 0) is 46.2 Å². The maximum absolute atomic E-state index is 14.6. The monoisotopic (exact) mass is 588 g/mol. The van der Waals surface area contributed by atoms with Gasteiger partial charge in [-0.3, -0.25) is 9.69 Å². The molecule has 2 aliphatic heterocycles. The molecule has 0 spiro atoms. The summed E-state index contributed by atoms with van der Waals surface area (Å²) in [4.78, 5) is 46.3. The van der Waals surface area contributed by atoms with Crippen LogP contribution in [0.1, 0.15) is 43.2 Å². The molecular formula is C27H27BrF2N4O4. The van der Waals surface area contributed by atoms with Crippen LogP contribution in [0.2, 0.25) is 0 Å². The predicted molar refractivity (Wildman–Crippen MR) is 141 cm³/mol. The predicted octanol–water partition coefficient (Wildman–Crippen LogP) is 5.37. The number of fused-ring (bicyclic) bond motifs is 4. The van der Waals surface area contributed by atoms with Crippen LogP contribution in [0.15, 0.2) is 39.6 Å². The Morgan fingerprint density at radius 1 is 1.03 bits per heavy atom. The highest BCUT2D eigenvalue weighted by atomic mass is 79.9. The topological polar surface area (TPSA) is 96.9 Å². The molecule has 0 saturated carbocycles. The third-order valence-electron chi connectivity index (χ3n) is 7.85. The average molecular weight is 589 g/mol. The number of rotatable bonds is 1. The maximum atomic E-state index is 14.6. The second kappa shape index (κ2) is 8.79. The molecule has 3 aromatic rings. The number of hydrogen-bond acceptors (Lipinski definition) is 3. The summed E-state index contributed by atoms with van der Waals surface area (Å²) in [6.07, 6.45) is -1.23.